The summed E-state index contributed by atoms with van der Waals surface area (Å²) in [4.78, 5) is 42.0. The zero-order chi connectivity index (χ0) is 62.2. The van der Waals surface area contributed by atoms with Gasteiger partial charge in [-0.1, -0.05) is 52.3 Å². The largest absolute Gasteiger partial charge is 0.494 e. The number of para-hydroxylation sites is 2. The van der Waals surface area contributed by atoms with Gasteiger partial charge in [-0.25, -0.2) is 25.6 Å². The standard InChI is InChI=1S/C30H24FN3O6S.C24H18BrFN2O6S.C6H8BNO2/c1-18-23(6-5-17-32-18)19-11-15-22(16-12-19)41(37,38)27-29(35)33-28(20-9-13-21(31)14-10-20)34(30(27)36)26-24(39-2)7-4-8-25(26)40-3;1-33-18-4-3-5-19(34-2)20(18)28-22(14-6-10-16(26)11-7-14)27-23(29)21(24(28)30)35(31,32)17-12-8-15(25)9-13-17;1-5-6(7(9)10)3-2-4-8-5/h4-17,35H,1-3H3;3-13,29H,1-2H3;2-4,9-10H,1H3. The van der Waals surface area contributed by atoms with Gasteiger partial charge in [-0.3, -0.25) is 28.7 Å². The first-order valence-electron chi connectivity index (χ1n) is 25.3. The Hall–Kier alpha value is -9.60. The molecule has 0 fully saturated rings. The molecule has 20 nitrogen and oxygen atoms in total. The first-order chi connectivity index (χ1) is 41.1. The molecule has 0 saturated heterocycles. The third kappa shape index (κ3) is 12.9. The molecule has 0 spiro atoms. The minimum absolute atomic E-state index is 0.0492. The lowest BCUT2D eigenvalue weighted by Gasteiger charge is -2.19. The smallest absolute Gasteiger partial charge is 0.490 e. The van der Waals surface area contributed by atoms with Gasteiger partial charge in [0.2, 0.25) is 31.4 Å². The average Bonchev–Trinajstić information content (AvgIpc) is 0.885. The second-order valence-electron chi connectivity index (χ2n) is 18.2. The van der Waals surface area contributed by atoms with E-state index in [1.807, 2.05) is 13.0 Å². The normalized spacial score (nSPS) is 11.1. The van der Waals surface area contributed by atoms with Crippen molar-refractivity contribution in [1.82, 2.24) is 29.1 Å². The monoisotopic (exact) mass is 1270 g/mol. The van der Waals surface area contributed by atoms with Crippen LogP contribution in [0.25, 0.3) is 45.3 Å². The summed E-state index contributed by atoms with van der Waals surface area (Å²) in [5, 5.41) is 39.1. The molecule has 0 aliphatic rings. The third-order valence-electron chi connectivity index (χ3n) is 13.0. The summed E-state index contributed by atoms with van der Waals surface area (Å²) in [6.07, 6.45) is 3.27. The van der Waals surface area contributed by atoms with Gasteiger partial charge >= 0.3 is 7.12 Å². The van der Waals surface area contributed by atoms with Crippen molar-refractivity contribution in [2.45, 2.75) is 33.4 Å². The minimum Gasteiger partial charge on any atom is -0.494 e. The van der Waals surface area contributed by atoms with Crippen LogP contribution in [0.3, 0.4) is 0 Å². The first kappa shape index (κ1) is 62.5. The van der Waals surface area contributed by atoms with Gasteiger partial charge in [0.1, 0.15) is 46.0 Å². The van der Waals surface area contributed by atoms with Gasteiger partial charge < -0.3 is 39.2 Å². The van der Waals surface area contributed by atoms with Gasteiger partial charge in [0.25, 0.3) is 11.1 Å². The van der Waals surface area contributed by atoms with Crippen LogP contribution in [0.2, 0.25) is 0 Å². The third-order valence-corrected chi connectivity index (χ3v) is 17.1. The molecular weight excluding hydrogens is 1220 g/mol. The Kier molecular flexibility index (Phi) is 19.3. The van der Waals surface area contributed by atoms with Crippen molar-refractivity contribution >= 4 is 48.2 Å². The summed E-state index contributed by atoms with van der Waals surface area (Å²) in [7, 11) is -5.01. The van der Waals surface area contributed by atoms with Crippen molar-refractivity contribution in [3.05, 3.63) is 218 Å². The fourth-order valence-corrected chi connectivity index (χ4v) is 11.7. The van der Waals surface area contributed by atoms with Crippen molar-refractivity contribution in [3.63, 3.8) is 0 Å². The molecule has 0 aliphatic carbocycles. The van der Waals surface area contributed by atoms with E-state index in [-0.39, 0.29) is 66.9 Å². The van der Waals surface area contributed by atoms with E-state index in [1.165, 1.54) is 89.1 Å². The molecule has 26 heteroatoms. The molecule has 4 heterocycles. The van der Waals surface area contributed by atoms with E-state index in [1.54, 1.807) is 86.0 Å². The molecule has 0 atom stereocenters. The SMILES string of the molecule is COc1cccc(OC)c1-n1c(-c2ccc(F)cc2)nc(O)c(S(=O)(=O)c2ccc(-c3cccnc3C)cc2)c1=O.COc1cccc(OC)c1-n1c(-c2ccc(F)cc2)nc(O)c(S(=O)(=O)c2ccc(Br)cc2)c1=O.Cc1ncccc1B(O)O. The van der Waals surface area contributed by atoms with E-state index >= 15 is 0 Å². The number of hydrogen-bond acceptors (Lipinski definition) is 18. The van der Waals surface area contributed by atoms with Crippen LogP contribution >= 0.6 is 15.9 Å². The van der Waals surface area contributed by atoms with Gasteiger partial charge in [0.15, 0.2) is 21.4 Å². The topological polar surface area (TPSA) is 282 Å². The molecule has 0 saturated carbocycles. The number of hydrogen-bond donors (Lipinski definition) is 4. The Balaban J connectivity index is 0.000000194. The van der Waals surface area contributed by atoms with Crippen LogP contribution in [-0.4, -0.2) is 102 Å². The molecule has 0 aliphatic heterocycles. The van der Waals surface area contributed by atoms with Gasteiger partial charge in [0, 0.05) is 50.4 Å². The molecule has 4 N–H and O–H groups in total. The quantitative estimate of drug-likeness (QED) is 0.0744. The molecule has 10 aromatic rings. The maximum atomic E-state index is 14.1. The van der Waals surface area contributed by atoms with Crippen molar-refractivity contribution in [3.8, 4) is 80.0 Å². The highest BCUT2D eigenvalue weighted by molar-refractivity contribution is 9.10. The second-order valence-corrected chi connectivity index (χ2v) is 22.9. The fourth-order valence-electron chi connectivity index (χ4n) is 8.79. The Morgan fingerprint density at radius 3 is 1.20 bits per heavy atom. The Morgan fingerprint density at radius 1 is 0.488 bits per heavy atom. The van der Waals surface area contributed by atoms with E-state index in [2.05, 4.69) is 35.9 Å². The van der Waals surface area contributed by atoms with Crippen LogP contribution in [0.4, 0.5) is 8.78 Å². The maximum absolute atomic E-state index is 14.1. The predicted molar refractivity (Wildman–Crippen MR) is 318 cm³/mol. The summed E-state index contributed by atoms with van der Waals surface area (Å²) in [6, 6.07) is 37.8. The number of nitrogens with zero attached hydrogens (tertiary/aromatic N) is 6. The molecule has 86 heavy (non-hydrogen) atoms. The lowest BCUT2D eigenvalue weighted by molar-refractivity contribution is 0.388. The molecule has 0 unspecified atom stereocenters. The minimum atomic E-state index is -4.59. The summed E-state index contributed by atoms with van der Waals surface area (Å²) in [5.41, 5.74) is 1.78. The van der Waals surface area contributed by atoms with Crippen LogP contribution in [0.15, 0.2) is 204 Å². The predicted octanol–water partition coefficient (Wildman–Crippen LogP) is 8.39. The summed E-state index contributed by atoms with van der Waals surface area (Å²) >= 11 is 3.23. The average molecular weight is 1270 g/mol. The second kappa shape index (κ2) is 26.5. The van der Waals surface area contributed by atoms with Crippen molar-refractivity contribution in [2.24, 2.45) is 0 Å². The summed E-state index contributed by atoms with van der Waals surface area (Å²) in [6.45, 7) is 3.57. The van der Waals surface area contributed by atoms with E-state index in [0.717, 1.165) is 50.2 Å². The molecule has 440 valence electrons. The van der Waals surface area contributed by atoms with Crippen LogP contribution in [0.5, 0.6) is 34.8 Å². The number of methoxy groups -OCH3 is 4. The molecule has 0 bridgehead atoms. The van der Waals surface area contributed by atoms with Crippen LogP contribution in [0.1, 0.15) is 11.4 Å². The van der Waals surface area contributed by atoms with E-state index < -0.39 is 71.1 Å². The Labute approximate surface area is 499 Å². The Morgan fingerprint density at radius 2 is 0.849 bits per heavy atom. The van der Waals surface area contributed by atoms with Crippen LogP contribution < -0.4 is 35.5 Å². The van der Waals surface area contributed by atoms with E-state index in [9.17, 15) is 45.4 Å². The van der Waals surface area contributed by atoms with Gasteiger partial charge in [-0.2, -0.15) is 9.97 Å². The van der Waals surface area contributed by atoms with Crippen LogP contribution in [-0.2, 0) is 19.7 Å². The number of halogens is 3. The number of aryl methyl sites for hydroxylation is 2. The molecular formula is C60H50BBrF2N6O14S2. The van der Waals surface area contributed by atoms with Crippen molar-refractivity contribution < 1.29 is 64.8 Å². The number of rotatable bonds is 14. The number of benzene rings is 6. The van der Waals surface area contributed by atoms with Gasteiger partial charge in [0.05, 0.1) is 38.2 Å². The fraction of sp³-hybridized carbons (Fsp3) is 0.100. The van der Waals surface area contributed by atoms with Crippen LogP contribution in [0, 0.1) is 25.5 Å². The molecule has 6 aromatic carbocycles. The van der Waals surface area contributed by atoms with Crippen molar-refractivity contribution in [1.29, 1.82) is 0 Å². The maximum Gasteiger partial charge on any atom is 0.490 e. The lowest BCUT2D eigenvalue weighted by atomic mass is 9.79. The highest BCUT2D eigenvalue weighted by Gasteiger charge is 2.34. The molecule has 0 amide bonds. The number of aromatic nitrogens is 6. The lowest BCUT2D eigenvalue weighted by Crippen LogP contribution is -2.32. The highest BCUT2D eigenvalue weighted by Crippen LogP contribution is 2.39. The van der Waals surface area contributed by atoms with E-state index in [4.69, 9.17) is 29.0 Å². The zero-order valence-electron chi connectivity index (χ0n) is 46.2. The Bertz CT molecular complexity index is 4440. The summed E-state index contributed by atoms with van der Waals surface area (Å²) in [5.74, 6) is -2.69. The molecule has 0 radical (unpaired) electrons. The molecule has 4 aromatic heterocycles. The van der Waals surface area contributed by atoms with Gasteiger partial charge in [-0.15, -0.1) is 0 Å². The number of ether oxygens (including phenoxy) is 4. The van der Waals surface area contributed by atoms with Gasteiger partial charge in [-0.05, 0) is 141 Å². The van der Waals surface area contributed by atoms with E-state index in [0.29, 0.717) is 15.6 Å². The summed E-state index contributed by atoms with van der Waals surface area (Å²) < 4.78 is 106. The number of aromatic hydroxyl groups is 2. The zero-order valence-corrected chi connectivity index (χ0v) is 49.5. The number of pyridine rings is 2. The van der Waals surface area contributed by atoms with Crippen molar-refractivity contribution in [2.75, 3.05) is 28.4 Å². The number of sulfone groups is 2. The molecule has 10 rings (SSSR count). The highest BCUT2D eigenvalue weighted by atomic mass is 79.9. The first-order valence-corrected chi connectivity index (χ1v) is 29.1.